The molecule has 4 heteroatoms. The van der Waals surface area contributed by atoms with Crippen LogP contribution in [0, 0.1) is 11.3 Å². The van der Waals surface area contributed by atoms with E-state index in [0.29, 0.717) is 23.3 Å². The van der Waals surface area contributed by atoms with Crippen LogP contribution in [0.4, 0.5) is 0 Å². The highest BCUT2D eigenvalue weighted by atomic mass is 16.5. The predicted octanol–water partition coefficient (Wildman–Crippen LogP) is 2.22. The van der Waals surface area contributed by atoms with Gasteiger partial charge in [-0.1, -0.05) is 0 Å². The Labute approximate surface area is 92.4 Å². The van der Waals surface area contributed by atoms with Gasteiger partial charge in [-0.2, -0.15) is 5.26 Å². The summed E-state index contributed by atoms with van der Waals surface area (Å²) in [5, 5.41) is 9.69. The van der Waals surface area contributed by atoms with Crippen molar-refractivity contribution in [1.29, 1.82) is 5.26 Å². The molecule has 1 heterocycles. The van der Waals surface area contributed by atoms with Crippen molar-refractivity contribution in [3.8, 4) is 6.07 Å². The third-order valence-electron chi connectivity index (χ3n) is 2.28. The van der Waals surface area contributed by atoms with Gasteiger partial charge in [0, 0.05) is 11.6 Å². The highest BCUT2D eigenvalue weighted by Crippen LogP contribution is 2.20. The number of nitrogens with zero attached hydrogens (tertiary/aromatic N) is 1. The van der Waals surface area contributed by atoms with Crippen LogP contribution < -0.4 is 0 Å². The van der Waals surface area contributed by atoms with Gasteiger partial charge in [-0.25, -0.2) is 4.79 Å². The van der Waals surface area contributed by atoms with E-state index in [1.807, 2.05) is 12.1 Å². The molecule has 0 bridgehead atoms. The normalized spacial score (nSPS) is 10.0. The molecule has 0 saturated carbocycles. The zero-order valence-electron chi connectivity index (χ0n) is 8.78. The van der Waals surface area contributed by atoms with Crippen molar-refractivity contribution < 1.29 is 9.53 Å². The number of nitriles is 1. The summed E-state index contributed by atoms with van der Waals surface area (Å²) in [5.41, 5.74) is 1.56. The summed E-state index contributed by atoms with van der Waals surface area (Å²) in [5.74, 6) is -0.410. The van der Waals surface area contributed by atoms with Gasteiger partial charge in [0.05, 0.1) is 29.3 Å². The zero-order chi connectivity index (χ0) is 11.5. The molecule has 4 nitrogen and oxygen atoms in total. The second kappa shape index (κ2) is 4.07. The van der Waals surface area contributed by atoms with E-state index in [1.165, 1.54) is 6.07 Å². The standard InChI is InChI=1S/C12H10N2O2/c1-2-16-12(15)10-6-8(7-13)5-9-3-4-14-11(9)10/h3-6,14H,2H2,1H3. The minimum Gasteiger partial charge on any atom is -0.462 e. The van der Waals surface area contributed by atoms with Crippen LogP contribution in [0.2, 0.25) is 0 Å². The number of aromatic amines is 1. The molecule has 1 aromatic heterocycles. The van der Waals surface area contributed by atoms with Crippen LogP contribution in [0.1, 0.15) is 22.8 Å². The van der Waals surface area contributed by atoms with Crippen LogP contribution in [-0.4, -0.2) is 17.6 Å². The van der Waals surface area contributed by atoms with Gasteiger partial charge in [0.25, 0.3) is 0 Å². The quantitative estimate of drug-likeness (QED) is 0.779. The number of carbonyl (C=O) groups excluding carboxylic acids is 1. The lowest BCUT2D eigenvalue weighted by Gasteiger charge is -2.03. The maximum absolute atomic E-state index is 11.7. The molecule has 0 fully saturated rings. The molecule has 0 amide bonds. The Balaban J connectivity index is 2.62. The number of nitrogens with one attached hydrogen (secondary N) is 1. The zero-order valence-corrected chi connectivity index (χ0v) is 8.78. The SMILES string of the molecule is CCOC(=O)c1cc(C#N)cc2cc[nH]c12. The van der Waals surface area contributed by atoms with Crippen LogP contribution in [-0.2, 0) is 4.74 Å². The lowest BCUT2D eigenvalue weighted by atomic mass is 10.1. The average molecular weight is 214 g/mol. The summed E-state index contributed by atoms with van der Waals surface area (Å²) in [4.78, 5) is 14.6. The van der Waals surface area contributed by atoms with Crippen molar-refractivity contribution in [1.82, 2.24) is 4.98 Å². The molecule has 0 aliphatic heterocycles. The fourth-order valence-electron chi connectivity index (χ4n) is 1.61. The van der Waals surface area contributed by atoms with Gasteiger partial charge in [-0.3, -0.25) is 0 Å². The Morgan fingerprint density at radius 3 is 3.06 bits per heavy atom. The first-order valence-corrected chi connectivity index (χ1v) is 4.94. The number of esters is 1. The summed E-state index contributed by atoms with van der Waals surface area (Å²) < 4.78 is 4.94. The van der Waals surface area contributed by atoms with E-state index in [0.717, 1.165) is 5.39 Å². The lowest BCUT2D eigenvalue weighted by molar-refractivity contribution is 0.0528. The molecule has 0 atom stereocenters. The van der Waals surface area contributed by atoms with Gasteiger partial charge in [0.2, 0.25) is 0 Å². The number of aromatic nitrogens is 1. The van der Waals surface area contributed by atoms with Crippen LogP contribution in [0.5, 0.6) is 0 Å². The number of hydrogen-bond donors (Lipinski definition) is 1. The summed E-state index contributed by atoms with van der Waals surface area (Å²) in [7, 11) is 0. The van der Waals surface area contributed by atoms with Crippen molar-refractivity contribution in [2.45, 2.75) is 6.92 Å². The summed E-state index contributed by atoms with van der Waals surface area (Å²) >= 11 is 0. The molecule has 0 spiro atoms. The number of carbonyl (C=O) groups is 1. The second-order valence-corrected chi connectivity index (χ2v) is 3.30. The Morgan fingerprint density at radius 1 is 1.56 bits per heavy atom. The molecule has 1 aromatic carbocycles. The number of benzene rings is 1. The Bertz CT molecular complexity index is 578. The molecular weight excluding hydrogens is 204 g/mol. The van der Waals surface area contributed by atoms with Crippen LogP contribution >= 0.6 is 0 Å². The molecule has 0 aliphatic carbocycles. The molecule has 0 unspecified atom stereocenters. The largest absolute Gasteiger partial charge is 0.462 e. The van der Waals surface area contributed by atoms with Gasteiger partial charge in [0.1, 0.15) is 0 Å². The van der Waals surface area contributed by atoms with Gasteiger partial charge >= 0.3 is 5.97 Å². The van der Waals surface area contributed by atoms with E-state index in [-0.39, 0.29) is 0 Å². The lowest BCUT2D eigenvalue weighted by Crippen LogP contribution is -2.05. The average Bonchev–Trinajstić information content (AvgIpc) is 2.75. The third kappa shape index (κ3) is 1.63. The van der Waals surface area contributed by atoms with Gasteiger partial charge in [0.15, 0.2) is 0 Å². The van der Waals surface area contributed by atoms with E-state index in [4.69, 9.17) is 10.00 Å². The van der Waals surface area contributed by atoms with E-state index in [1.54, 1.807) is 19.2 Å². The molecule has 0 saturated heterocycles. The number of H-pyrrole nitrogens is 1. The van der Waals surface area contributed by atoms with E-state index >= 15 is 0 Å². The number of ether oxygens (including phenoxy) is 1. The fraction of sp³-hybridized carbons (Fsp3) is 0.167. The molecule has 0 aliphatic rings. The minimum absolute atomic E-state index is 0.317. The Hall–Kier alpha value is -2.28. The molecular formula is C12H10N2O2. The van der Waals surface area contributed by atoms with Crippen molar-refractivity contribution in [2.75, 3.05) is 6.61 Å². The molecule has 16 heavy (non-hydrogen) atoms. The molecule has 2 aromatic rings. The van der Waals surface area contributed by atoms with E-state index in [2.05, 4.69) is 4.98 Å². The van der Waals surface area contributed by atoms with Crippen molar-refractivity contribution in [3.05, 3.63) is 35.5 Å². The first-order valence-electron chi connectivity index (χ1n) is 4.94. The maximum Gasteiger partial charge on any atom is 0.340 e. The highest BCUT2D eigenvalue weighted by molar-refractivity contribution is 6.03. The van der Waals surface area contributed by atoms with Crippen LogP contribution in [0.25, 0.3) is 10.9 Å². The maximum atomic E-state index is 11.7. The Morgan fingerprint density at radius 2 is 2.38 bits per heavy atom. The van der Waals surface area contributed by atoms with Crippen molar-refractivity contribution in [3.63, 3.8) is 0 Å². The van der Waals surface area contributed by atoms with Gasteiger partial charge in [-0.05, 0) is 25.1 Å². The highest BCUT2D eigenvalue weighted by Gasteiger charge is 2.13. The summed E-state index contributed by atoms with van der Waals surface area (Å²) in [6.45, 7) is 2.07. The van der Waals surface area contributed by atoms with Crippen LogP contribution in [0.15, 0.2) is 24.4 Å². The fourth-order valence-corrected chi connectivity index (χ4v) is 1.61. The monoisotopic (exact) mass is 214 g/mol. The number of hydrogen-bond acceptors (Lipinski definition) is 3. The smallest absolute Gasteiger partial charge is 0.340 e. The molecule has 1 N–H and O–H groups in total. The first-order chi connectivity index (χ1) is 7.76. The molecule has 2 rings (SSSR count). The Kier molecular flexibility index (Phi) is 2.61. The minimum atomic E-state index is -0.410. The topological polar surface area (TPSA) is 65.9 Å². The van der Waals surface area contributed by atoms with Gasteiger partial charge < -0.3 is 9.72 Å². The van der Waals surface area contributed by atoms with Gasteiger partial charge in [-0.15, -0.1) is 0 Å². The van der Waals surface area contributed by atoms with E-state index in [9.17, 15) is 4.79 Å². The van der Waals surface area contributed by atoms with Crippen molar-refractivity contribution >= 4 is 16.9 Å². The van der Waals surface area contributed by atoms with E-state index < -0.39 is 5.97 Å². The number of fused-ring (bicyclic) bond motifs is 1. The molecule has 0 radical (unpaired) electrons. The number of rotatable bonds is 2. The summed E-state index contributed by atoms with van der Waals surface area (Å²) in [6, 6.07) is 7.11. The molecule has 80 valence electrons. The second-order valence-electron chi connectivity index (χ2n) is 3.30. The third-order valence-corrected chi connectivity index (χ3v) is 2.28. The van der Waals surface area contributed by atoms with Crippen LogP contribution in [0.3, 0.4) is 0 Å². The predicted molar refractivity (Wildman–Crippen MR) is 59.0 cm³/mol. The first kappa shape index (κ1) is 10.2. The van der Waals surface area contributed by atoms with Crippen molar-refractivity contribution in [2.24, 2.45) is 0 Å². The summed E-state index contributed by atoms with van der Waals surface area (Å²) in [6.07, 6.45) is 1.73.